The predicted molar refractivity (Wildman–Crippen MR) is 168 cm³/mol. The van der Waals surface area contributed by atoms with Gasteiger partial charge in [-0.3, -0.25) is 14.4 Å². The number of likely N-dealkylation sites (tertiary alicyclic amines) is 1. The fourth-order valence-electron chi connectivity index (χ4n) is 7.11. The summed E-state index contributed by atoms with van der Waals surface area (Å²) in [6.45, 7) is 6.00. The van der Waals surface area contributed by atoms with Crippen LogP contribution in [0.4, 0.5) is 0 Å². The lowest BCUT2D eigenvalue weighted by Crippen LogP contribution is -2.75. The molecule has 0 aromatic heterocycles. The zero-order valence-corrected chi connectivity index (χ0v) is 26.5. The number of aliphatic hydroxyl groups excluding tert-OH is 1. The molecule has 2 atom stereocenters. The number of hydrogen-bond acceptors (Lipinski definition) is 6. The maximum absolute atomic E-state index is 13.8. The number of hydrogen-bond donors (Lipinski definition) is 3. The molecule has 3 aliphatic rings. The number of piperidine rings is 1. The summed E-state index contributed by atoms with van der Waals surface area (Å²) >= 11 is 0. The van der Waals surface area contributed by atoms with Crippen LogP contribution in [0.2, 0.25) is 0 Å². The summed E-state index contributed by atoms with van der Waals surface area (Å²) in [6, 6.07) is 6.41. The van der Waals surface area contributed by atoms with Crippen LogP contribution >= 0.6 is 0 Å². The third kappa shape index (κ3) is 8.50. The van der Waals surface area contributed by atoms with Gasteiger partial charge >= 0.3 is 0 Å². The third-order valence-corrected chi connectivity index (χ3v) is 9.88. The van der Waals surface area contributed by atoms with Crippen molar-refractivity contribution in [1.82, 2.24) is 20.4 Å². The van der Waals surface area contributed by atoms with E-state index < -0.39 is 17.7 Å². The van der Waals surface area contributed by atoms with E-state index in [0.717, 1.165) is 96.0 Å². The molecular formula is C34H54N4O5. The van der Waals surface area contributed by atoms with Gasteiger partial charge < -0.3 is 30.3 Å². The molecule has 3 amide bonds. The van der Waals surface area contributed by atoms with Crippen LogP contribution in [0.25, 0.3) is 0 Å². The zero-order chi connectivity index (χ0) is 30.7. The van der Waals surface area contributed by atoms with E-state index in [2.05, 4.69) is 22.5 Å². The Morgan fingerprint density at radius 3 is 2.35 bits per heavy atom. The summed E-state index contributed by atoms with van der Waals surface area (Å²) in [5.74, 6) is 0.635. The Labute approximate surface area is 258 Å². The van der Waals surface area contributed by atoms with Crippen molar-refractivity contribution in [3.05, 3.63) is 29.8 Å². The van der Waals surface area contributed by atoms with Gasteiger partial charge in [0.25, 0.3) is 5.91 Å². The second-order valence-corrected chi connectivity index (χ2v) is 12.8. The highest BCUT2D eigenvalue weighted by atomic mass is 16.5. The smallest absolute Gasteiger partial charge is 0.251 e. The number of nitrogens with zero attached hydrogens (tertiary/aromatic N) is 2. The van der Waals surface area contributed by atoms with E-state index in [9.17, 15) is 19.5 Å². The number of unbranched alkanes of at least 4 members (excludes halogenated alkanes) is 5. The maximum atomic E-state index is 13.8. The summed E-state index contributed by atoms with van der Waals surface area (Å²) in [7, 11) is 1.62. The van der Waals surface area contributed by atoms with Gasteiger partial charge in [-0.25, -0.2) is 0 Å². The topological polar surface area (TPSA) is 111 Å². The van der Waals surface area contributed by atoms with E-state index in [1.165, 1.54) is 6.42 Å². The molecule has 2 aliphatic heterocycles. The lowest BCUT2D eigenvalue weighted by atomic mass is 9.78. The molecule has 3 N–H and O–H groups in total. The first-order valence-corrected chi connectivity index (χ1v) is 16.9. The summed E-state index contributed by atoms with van der Waals surface area (Å²) < 4.78 is 5.82. The molecule has 4 rings (SSSR count). The molecule has 1 saturated carbocycles. The van der Waals surface area contributed by atoms with Crippen molar-refractivity contribution < 1.29 is 24.2 Å². The second kappa shape index (κ2) is 16.4. The number of carbonyl (C=O) groups is 3. The first-order valence-electron chi connectivity index (χ1n) is 16.9. The average Bonchev–Trinajstić information content (AvgIpc) is 3.04. The van der Waals surface area contributed by atoms with E-state index in [-0.39, 0.29) is 23.6 Å². The number of nitrogens with one attached hydrogen (secondary N) is 2. The van der Waals surface area contributed by atoms with Crippen LogP contribution in [-0.4, -0.2) is 90.1 Å². The molecule has 43 heavy (non-hydrogen) atoms. The number of aliphatic hydroxyl groups is 1. The summed E-state index contributed by atoms with van der Waals surface area (Å²) in [4.78, 5) is 43.4. The maximum Gasteiger partial charge on any atom is 0.251 e. The van der Waals surface area contributed by atoms with Gasteiger partial charge in [-0.2, -0.15) is 0 Å². The molecular weight excluding hydrogens is 544 g/mol. The molecule has 0 radical (unpaired) electrons. The fourth-order valence-corrected chi connectivity index (χ4v) is 7.11. The molecule has 1 aromatic rings. The minimum absolute atomic E-state index is 0.0627. The summed E-state index contributed by atoms with van der Waals surface area (Å²) in [5.41, 5.74) is -0.157. The van der Waals surface area contributed by atoms with Crippen molar-refractivity contribution in [1.29, 1.82) is 0 Å². The van der Waals surface area contributed by atoms with Gasteiger partial charge in [0, 0.05) is 32.2 Å². The van der Waals surface area contributed by atoms with E-state index in [4.69, 9.17) is 4.74 Å². The lowest BCUT2D eigenvalue weighted by Gasteiger charge is -2.52. The highest BCUT2D eigenvalue weighted by molar-refractivity contribution is 6.00. The quantitative estimate of drug-likeness (QED) is 0.260. The van der Waals surface area contributed by atoms with Crippen molar-refractivity contribution in [3.63, 3.8) is 0 Å². The van der Waals surface area contributed by atoms with Crippen LogP contribution in [-0.2, 0) is 9.59 Å². The van der Waals surface area contributed by atoms with Crippen molar-refractivity contribution in [2.45, 2.75) is 114 Å². The van der Waals surface area contributed by atoms with Crippen molar-refractivity contribution in [3.8, 4) is 5.75 Å². The molecule has 240 valence electrons. The molecule has 9 nitrogen and oxygen atoms in total. The molecule has 2 heterocycles. The van der Waals surface area contributed by atoms with Crippen molar-refractivity contribution >= 4 is 17.7 Å². The molecule has 1 aromatic carbocycles. The van der Waals surface area contributed by atoms with Crippen LogP contribution < -0.4 is 15.4 Å². The van der Waals surface area contributed by atoms with Gasteiger partial charge in [0.05, 0.1) is 12.7 Å². The molecule has 0 unspecified atom stereocenters. The fraction of sp³-hybridized carbons (Fsp3) is 0.735. The highest BCUT2D eigenvalue weighted by Gasteiger charge is 2.55. The zero-order valence-electron chi connectivity index (χ0n) is 26.5. The Morgan fingerprint density at radius 2 is 1.67 bits per heavy atom. The Morgan fingerprint density at radius 1 is 1.00 bits per heavy atom. The monoisotopic (exact) mass is 598 g/mol. The van der Waals surface area contributed by atoms with Gasteiger partial charge in [-0.1, -0.05) is 51.9 Å². The van der Waals surface area contributed by atoms with Gasteiger partial charge in [-0.15, -0.1) is 0 Å². The Hall–Kier alpha value is -2.65. The number of amides is 3. The molecule has 1 aliphatic carbocycles. The Kier molecular flexibility index (Phi) is 12.7. The standard InChI is InChI=1S/C34H54N4O5/c1-3-4-22-38-32(41)29(30(39)26-13-9-8-10-14-26)36-33(42)34(38)19-23-37(24-20-34)21-11-6-5-7-12-25-43-28-17-15-27(16-18-28)31(40)35-2/h15-18,26,29-30,39H,3-14,19-25H2,1-2H3,(H,35,40)(H,36,42)/t29-,30-/m1/s1. The van der Waals surface area contributed by atoms with Gasteiger partial charge in [0.2, 0.25) is 11.8 Å². The minimum Gasteiger partial charge on any atom is -0.494 e. The minimum atomic E-state index is -0.809. The first kappa shape index (κ1) is 33.2. The first-order chi connectivity index (χ1) is 20.9. The molecule has 0 bridgehead atoms. The normalized spacial score (nSPS) is 21.9. The van der Waals surface area contributed by atoms with Crippen LogP contribution in [0.1, 0.15) is 107 Å². The summed E-state index contributed by atoms with van der Waals surface area (Å²) in [6.07, 6.45) is 13.1. The Bertz CT molecular complexity index is 1030. The molecule has 2 saturated heterocycles. The highest BCUT2D eigenvalue weighted by Crippen LogP contribution is 2.36. The third-order valence-electron chi connectivity index (χ3n) is 9.88. The summed E-state index contributed by atoms with van der Waals surface area (Å²) in [5, 5.41) is 16.8. The second-order valence-electron chi connectivity index (χ2n) is 12.8. The van der Waals surface area contributed by atoms with Crippen LogP contribution in [0, 0.1) is 5.92 Å². The number of ether oxygens (including phenoxy) is 1. The van der Waals surface area contributed by atoms with Crippen molar-refractivity contribution in [2.75, 3.05) is 39.8 Å². The van der Waals surface area contributed by atoms with E-state index in [0.29, 0.717) is 31.6 Å². The lowest BCUT2D eigenvalue weighted by molar-refractivity contribution is -0.165. The van der Waals surface area contributed by atoms with E-state index in [1.807, 2.05) is 17.0 Å². The van der Waals surface area contributed by atoms with Gasteiger partial charge in [-0.05, 0) is 81.7 Å². The van der Waals surface area contributed by atoms with E-state index in [1.54, 1.807) is 19.2 Å². The van der Waals surface area contributed by atoms with Gasteiger partial charge in [0.15, 0.2) is 0 Å². The van der Waals surface area contributed by atoms with Crippen LogP contribution in [0.15, 0.2) is 24.3 Å². The number of carbonyl (C=O) groups excluding carboxylic acids is 3. The average molecular weight is 599 g/mol. The van der Waals surface area contributed by atoms with Crippen molar-refractivity contribution in [2.24, 2.45) is 5.92 Å². The Balaban J connectivity index is 1.16. The van der Waals surface area contributed by atoms with Crippen LogP contribution in [0.5, 0.6) is 5.75 Å². The number of piperazine rings is 1. The molecule has 1 spiro atoms. The predicted octanol–water partition coefficient (Wildman–Crippen LogP) is 4.28. The molecule has 9 heteroatoms. The largest absolute Gasteiger partial charge is 0.494 e. The molecule has 3 fully saturated rings. The van der Waals surface area contributed by atoms with Crippen LogP contribution in [0.3, 0.4) is 0 Å². The number of rotatable bonds is 15. The van der Waals surface area contributed by atoms with E-state index >= 15 is 0 Å². The SMILES string of the molecule is CCCCN1C(=O)[C@@H]([C@H](O)C2CCCCC2)NC(=O)C12CCN(CCCCCCCOc1ccc(C(=O)NC)cc1)CC2. The van der Waals surface area contributed by atoms with Gasteiger partial charge in [0.1, 0.15) is 17.3 Å². The number of benzene rings is 1.